The van der Waals surface area contributed by atoms with Crippen LogP contribution in [0.1, 0.15) is 11.1 Å². The molecule has 1 heterocycles. The molecule has 0 saturated carbocycles. The molecule has 2 rings (SSSR count). The van der Waals surface area contributed by atoms with Crippen molar-refractivity contribution in [2.75, 3.05) is 0 Å². The maximum Gasteiger partial charge on any atom is 0.270 e. The lowest BCUT2D eigenvalue weighted by molar-refractivity contribution is -0.384. The highest BCUT2D eigenvalue weighted by molar-refractivity contribution is 5.85. The van der Waals surface area contributed by atoms with E-state index in [1.165, 1.54) is 18.2 Å². The van der Waals surface area contributed by atoms with E-state index in [4.69, 9.17) is 5.26 Å². The van der Waals surface area contributed by atoms with Gasteiger partial charge in [-0.25, -0.2) is 0 Å². The molecule has 1 aromatic heterocycles. The van der Waals surface area contributed by atoms with Crippen LogP contribution < -0.4 is 5.56 Å². The lowest BCUT2D eigenvalue weighted by Crippen LogP contribution is -2.12. The molecule has 0 spiro atoms. The minimum atomic E-state index is -0.518. The van der Waals surface area contributed by atoms with Crippen molar-refractivity contribution in [2.24, 2.45) is 0 Å². The van der Waals surface area contributed by atoms with Crippen LogP contribution in [0.15, 0.2) is 23.0 Å². The van der Waals surface area contributed by atoms with Gasteiger partial charge in [-0.1, -0.05) is 0 Å². The van der Waals surface area contributed by atoms with Crippen molar-refractivity contribution in [3.63, 3.8) is 0 Å². The van der Waals surface area contributed by atoms with Crippen LogP contribution in [0.25, 0.3) is 10.9 Å². The quantitative estimate of drug-likeness (QED) is 0.593. The number of benzene rings is 1. The second-order valence-electron chi connectivity index (χ2n) is 3.55. The topological polar surface area (TPSA) is 99.8 Å². The van der Waals surface area contributed by atoms with E-state index < -0.39 is 10.5 Å². The van der Waals surface area contributed by atoms with Gasteiger partial charge in [-0.05, 0) is 18.6 Å². The molecular formula is C11H7N3O3. The van der Waals surface area contributed by atoms with Crippen LogP contribution in [-0.2, 0) is 0 Å². The molecule has 6 nitrogen and oxygen atoms in total. The number of aromatic nitrogens is 1. The largest absolute Gasteiger partial charge is 0.321 e. The van der Waals surface area contributed by atoms with Crippen molar-refractivity contribution < 1.29 is 4.92 Å². The van der Waals surface area contributed by atoms with Crippen LogP contribution in [0, 0.1) is 28.4 Å². The number of nitrogens with zero attached hydrogens (tertiary/aromatic N) is 2. The zero-order chi connectivity index (χ0) is 12.6. The third kappa shape index (κ3) is 1.63. The molecule has 1 aromatic carbocycles. The molecule has 0 atom stereocenters. The number of pyridine rings is 1. The SMILES string of the molecule is Cc1c(C#N)c(=O)[nH]c2ccc([N+](=O)[O-])cc12. The molecule has 0 saturated heterocycles. The average Bonchev–Trinajstić information content (AvgIpc) is 2.29. The molecule has 0 amide bonds. The van der Waals surface area contributed by atoms with E-state index in [1.807, 2.05) is 0 Å². The zero-order valence-electron chi connectivity index (χ0n) is 8.85. The van der Waals surface area contributed by atoms with Gasteiger partial charge in [0.2, 0.25) is 0 Å². The molecule has 84 valence electrons. The zero-order valence-corrected chi connectivity index (χ0v) is 8.85. The Kier molecular flexibility index (Phi) is 2.37. The summed E-state index contributed by atoms with van der Waals surface area (Å²) in [5.41, 5.74) is 0.368. The third-order valence-corrected chi connectivity index (χ3v) is 2.58. The van der Waals surface area contributed by atoms with E-state index in [-0.39, 0.29) is 11.3 Å². The first-order valence-corrected chi connectivity index (χ1v) is 4.75. The molecule has 0 radical (unpaired) electrons. The van der Waals surface area contributed by atoms with Gasteiger partial charge < -0.3 is 4.98 Å². The Bertz CT molecular complexity index is 725. The van der Waals surface area contributed by atoms with E-state index in [0.717, 1.165) is 0 Å². The van der Waals surface area contributed by atoms with Crippen molar-refractivity contribution >= 4 is 16.6 Å². The summed E-state index contributed by atoms with van der Waals surface area (Å²) >= 11 is 0. The maximum absolute atomic E-state index is 11.5. The molecule has 1 N–H and O–H groups in total. The Balaban J connectivity index is 2.91. The molecular weight excluding hydrogens is 222 g/mol. The van der Waals surface area contributed by atoms with E-state index in [0.29, 0.717) is 16.5 Å². The van der Waals surface area contributed by atoms with Gasteiger partial charge in [0.05, 0.1) is 4.92 Å². The van der Waals surface area contributed by atoms with Gasteiger partial charge in [0.1, 0.15) is 11.6 Å². The number of hydrogen-bond donors (Lipinski definition) is 1. The lowest BCUT2D eigenvalue weighted by atomic mass is 10.1. The highest BCUT2D eigenvalue weighted by Gasteiger charge is 2.12. The molecule has 17 heavy (non-hydrogen) atoms. The van der Waals surface area contributed by atoms with Crippen molar-refractivity contribution in [3.8, 4) is 6.07 Å². The van der Waals surface area contributed by atoms with Crippen molar-refractivity contribution in [1.29, 1.82) is 5.26 Å². The highest BCUT2D eigenvalue weighted by atomic mass is 16.6. The number of nitrogens with one attached hydrogen (secondary N) is 1. The van der Waals surface area contributed by atoms with Crippen molar-refractivity contribution in [1.82, 2.24) is 4.98 Å². The van der Waals surface area contributed by atoms with Gasteiger partial charge in [0, 0.05) is 23.0 Å². The third-order valence-electron chi connectivity index (χ3n) is 2.58. The highest BCUT2D eigenvalue weighted by Crippen LogP contribution is 2.22. The average molecular weight is 229 g/mol. The number of non-ortho nitro benzene ring substituents is 1. The standard InChI is InChI=1S/C11H7N3O3/c1-6-8-4-7(14(16)17)2-3-10(8)13-11(15)9(6)5-12/h2-4H,1H3,(H,13,15). The second-order valence-corrected chi connectivity index (χ2v) is 3.55. The van der Waals surface area contributed by atoms with Gasteiger partial charge >= 0.3 is 0 Å². The number of fused-ring (bicyclic) bond motifs is 1. The van der Waals surface area contributed by atoms with E-state index in [2.05, 4.69) is 4.98 Å². The number of nitro benzene ring substituents is 1. The molecule has 0 fully saturated rings. The number of hydrogen-bond acceptors (Lipinski definition) is 4. The van der Waals surface area contributed by atoms with Crippen molar-refractivity contribution in [3.05, 3.63) is 49.8 Å². The Morgan fingerprint density at radius 3 is 2.76 bits per heavy atom. The van der Waals surface area contributed by atoms with Crippen LogP contribution in [0.3, 0.4) is 0 Å². The van der Waals surface area contributed by atoms with Crippen molar-refractivity contribution in [2.45, 2.75) is 6.92 Å². The second kappa shape index (κ2) is 3.72. The summed E-state index contributed by atoms with van der Waals surface area (Å²) in [6.45, 7) is 1.60. The van der Waals surface area contributed by atoms with E-state index >= 15 is 0 Å². The molecule has 0 unspecified atom stereocenters. The van der Waals surface area contributed by atoms with Gasteiger partial charge in [-0.15, -0.1) is 0 Å². The monoisotopic (exact) mass is 229 g/mol. The van der Waals surface area contributed by atoms with Gasteiger partial charge in [-0.3, -0.25) is 14.9 Å². The van der Waals surface area contributed by atoms with Crippen LogP contribution in [0.4, 0.5) is 5.69 Å². The number of aromatic amines is 1. The summed E-state index contributed by atoms with van der Waals surface area (Å²) in [4.78, 5) is 24.1. The minimum Gasteiger partial charge on any atom is -0.321 e. The number of nitro groups is 1. The van der Waals surface area contributed by atoms with Gasteiger partial charge in [0.15, 0.2) is 0 Å². The molecule has 6 heteroatoms. The van der Waals surface area contributed by atoms with Crippen LogP contribution in [0.2, 0.25) is 0 Å². The normalized spacial score (nSPS) is 10.1. The Morgan fingerprint density at radius 2 is 2.18 bits per heavy atom. The molecule has 0 bridgehead atoms. The summed E-state index contributed by atoms with van der Waals surface area (Å²) in [5, 5.41) is 20.0. The predicted molar refractivity (Wildman–Crippen MR) is 60.7 cm³/mol. The fourth-order valence-electron chi connectivity index (χ4n) is 1.69. The van der Waals surface area contributed by atoms with Crippen LogP contribution in [-0.4, -0.2) is 9.91 Å². The smallest absolute Gasteiger partial charge is 0.270 e. The fraction of sp³-hybridized carbons (Fsp3) is 0.0909. The lowest BCUT2D eigenvalue weighted by Gasteiger charge is -2.03. The summed E-state index contributed by atoms with van der Waals surface area (Å²) in [7, 11) is 0. The summed E-state index contributed by atoms with van der Waals surface area (Å²) < 4.78 is 0. The number of nitriles is 1. The first-order valence-electron chi connectivity index (χ1n) is 4.75. The molecule has 2 aromatic rings. The number of aryl methyl sites for hydroxylation is 1. The number of rotatable bonds is 1. The Hall–Kier alpha value is -2.68. The van der Waals surface area contributed by atoms with E-state index in [1.54, 1.807) is 13.0 Å². The minimum absolute atomic E-state index is 0.0157. The number of H-pyrrole nitrogens is 1. The summed E-state index contributed by atoms with van der Waals surface area (Å²) in [6.07, 6.45) is 0. The van der Waals surface area contributed by atoms with Gasteiger partial charge in [-0.2, -0.15) is 5.26 Å². The first kappa shape index (κ1) is 10.8. The van der Waals surface area contributed by atoms with Crippen LogP contribution >= 0.6 is 0 Å². The molecule has 0 aliphatic carbocycles. The van der Waals surface area contributed by atoms with Gasteiger partial charge in [0.25, 0.3) is 11.2 Å². The van der Waals surface area contributed by atoms with E-state index in [9.17, 15) is 14.9 Å². The summed E-state index contributed by atoms with van der Waals surface area (Å²) in [5.74, 6) is 0. The first-order chi connectivity index (χ1) is 8.04. The fourth-order valence-corrected chi connectivity index (χ4v) is 1.69. The Morgan fingerprint density at radius 1 is 1.47 bits per heavy atom. The molecule has 0 aliphatic rings. The Labute approximate surface area is 95.3 Å². The van der Waals surface area contributed by atoms with Crippen LogP contribution in [0.5, 0.6) is 0 Å². The summed E-state index contributed by atoms with van der Waals surface area (Å²) in [6, 6.07) is 5.91. The maximum atomic E-state index is 11.5. The molecule has 0 aliphatic heterocycles. The predicted octanol–water partition coefficient (Wildman–Crippen LogP) is 1.62.